The molecule has 8 nitrogen and oxygen atoms in total. The lowest BCUT2D eigenvalue weighted by atomic mass is 10.0. The van der Waals surface area contributed by atoms with E-state index in [1.807, 2.05) is 29.2 Å². The summed E-state index contributed by atoms with van der Waals surface area (Å²) in [6.07, 6.45) is -1.57. The van der Waals surface area contributed by atoms with Gasteiger partial charge in [-0.1, -0.05) is 29.8 Å². The van der Waals surface area contributed by atoms with Crippen molar-refractivity contribution in [2.45, 2.75) is 31.6 Å². The number of esters is 1. The van der Waals surface area contributed by atoms with Crippen molar-refractivity contribution >= 4 is 34.3 Å². The van der Waals surface area contributed by atoms with Crippen molar-refractivity contribution < 1.29 is 27.4 Å². The molecule has 1 aromatic carbocycles. The van der Waals surface area contributed by atoms with Crippen LogP contribution in [0.5, 0.6) is 5.75 Å². The normalized spacial score (nSPS) is 17.9. The minimum Gasteiger partial charge on any atom is -0.422 e. The van der Waals surface area contributed by atoms with Gasteiger partial charge in [-0.05, 0) is 31.0 Å². The first-order valence-corrected chi connectivity index (χ1v) is 13.6. The summed E-state index contributed by atoms with van der Waals surface area (Å²) in [5, 5.41) is 0.927. The van der Waals surface area contributed by atoms with Crippen LogP contribution in [0.2, 0.25) is 5.02 Å². The van der Waals surface area contributed by atoms with E-state index in [1.54, 1.807) is 6.07 Å². The van der Waals surface area contributed by atoms with Crippen molar-refractivity contribution in [3.8, 4) is 5.75 Å². The molecule has 0 atom stereocenters. The number of anilines is 1. The molecule has 0 aliphatic carbocycles. The van der Waals surface area contributed by atoms with Crippen molar-refractivity contribution in [3.63, 3.8) is 0 Å². The van der Waals surface area contributed by atoms with E-state index in [0.717, 1.165) is 62.4 Å². The molecule has 2 saturated heterocycles. The van der Waals surface area contributed by atoms with Gasteiger partial charge >= 0.3 is 12.1 Å². The first-order chi connectivity index (χ1) is 19.2. The molecule has 0 bridgehead atoms. The smallest absolute Gasteiger partial charge is 0.417 e. The van der Waals surface area contributed by atoms with Gasteiger partial charge in [-0.3, -0.25) is 9.80 Å². The van der Waals surface area contributed by atoms with E-state index >= 15 is 0 Å². The second kappa shape index (κ2) is 12.3. The molecule has 0 saturated carbocycles. The number of aromatic nitrogens is 2. The molecule has 0 spiro atoms. The highest BCUT2D eigenvalue weighted by Crippen LogP contribution is 2.34. The van der Waals surface area contributed by atoms with Crippen molar-refractivity contribution in [1.82, 2.24) is 19.8 Å². The third-order valence-electron chi connectivity index (χ3n) is 7.45. The molecule has 0 amide bonds. The van der Waals surface area contributed by atoms with Crippen molar-refractivity contribution in [2.24, 2.45) is 0 Å². The van der Waals surface area contributed by atoms with Crippen LogP contribution in [0.15, 0.2) is 42.6 Å². The Balaban J connectivity index is 1.13. The molecule has 12 heteroatoms. The topological polar surface area (TPSA) is 71.0 Å². The van der Waals surface area contributed by atoms with Crippen LogP contribution in [0, 0.1) is 0 Å². The van der Waals surface area contributed by atoms with Gasteiger partial charge in [0.1, 0.15) is 17.9 Å². The molecule has 0 unspecified atom stereocenters. The van der Waals surface area contributed by atoms with Crippen LogP contribution in [0.1, 0.15) is 24.1 Å². The quantitative estimate of drug-likeness (QED) is 0.297. The molecule has 2 aromatic heterocycles. The Hall–Kier alpha value is -2.99. The van der Waals surface area contributed by atoms with Crippen molar-refractivity contribution in [3.05, 3.63) is 58.9 Å². The molecule has 40 heavy (non-hydrogen) atoms. The van der Waals surface area contributed by atoms with Gasteiger partial charge in [-0.25, -0.2) is 14.8 Å². The number of para-hydroxylation sites is 1. The predicted octanol–water partition coefficient (Wildman–Crippen LogP) is 4.64. The number of hydrogen-bond acceptors (Lipinski definition) is 8. The molecule has 0 radical (unpaired) electrons. The zero-order valence-electron chi connectivity index (χ0n) is 22.2. The van der Waals surface area contributed by atoms with Gasteiger partial charge < -0.3 is 14.4 Å². The Labute approximate surface area is 235 Å². The number of nitrogens with zero attached hydrogens (tertiary/aromatic N) is 5. The van der Waals surface area contributed by atoms with E-state index < -0.39 is 17.7 Å². The summed E-state index contributed by atoms with van der Waals surface area (Å²) in [5.41, 5.74) is 0.729. The maximum Gasteiger partial charge on any atom is 0.417 e. The lowest BCUT2D eigenvalue weighted by Gasteiger charge is -2.43. The molecular formula is C28H31ClF3N5O3. The molecule has 3 aromatic rings. The lowest BCUT2D eigenvalue weighted by molar-refractivity contribution is -0.139. The molecule has 4 heterocycles. The lowest BCUT2D eigenvalue weighted by Crippen LogP contribution is -2.53. The molecule has 2 aliphatic heterocycles. The summed E-state index contributed by atoms with van der Waals surface area (Å²) in [4.78, 5) is 27.5. The third-order valence-corrected chi connectivity index (χ3v) is 7.73. The zero-order valence-corrected chi connectivity index (χ0v) is 22.9. The Morgan fingerprint density at radius 2 is 1.82 bits per heavy atom. The van der Waals surface area contributed by atoms with E-state index in [-0.39, 0.29) is 11.6 Å². The zero-order chi connectivity index (χ0) is 28.3. The molecule has 0 N–H and O–H groups in total. The number of rotatable bonds is 7. The maximum absolute atomic E-state index is 12.9. The van der Waals surface area contributed by atoms with Crippen LogP contribution < -0.4 is 9.64 Å². The third kappa shape index (κ3) is 6.65. The number of benzene rings is 1. The van der Waals surface area contributed by atoms with Gasteiger partial charge in [-0.2, -0.15) is 13.2 Å². The number of pyridine rings is 2. The maximum atomic E-state index is 12.9. The number of carbonyl (C=O) groups is 1. The second-order valence-electron chi connectivity index (χ2n) is 10.1. The summed E-state index contributed by atoms with van der Waals surface area (Å²) in [6.45, 7) is 5.38. The number of ether oxygens (including phenoxy) is 2. The van der Waals surface area contributed by atoms with E-state index in [2.05, 4.69) is 14.8 Å². The number of alkyl halides is 3. The molecule has 2 aliphatic rings. The monoisotopic (exact) mass is 577 g/mol. The fraction of sp³-hybridized carbons (Fsp3) is 0.464. The summed E-state index contributed by atoms with van der Waals surface area (Å²) >= 11 is 6.16. The SMILES string of the molecule is COCC(=O)Oc1cccc2ccc(CN3CCC(N4CCN(c5ncc(C(F)(F)F)cc5Cl)CC4)CC3)nc12. The highest BCUT2D eigenvalue weighted by Gasteiger charge is 2.33. The Kier molecular flexibility index (Phi) is 8.74. The molecule has 2 fully saturated rings. The van der Waals surface area contributed by atoms with Crippen molar-refractivity contribution in [2.75, 3.05) is 57.9 Å². The Morgan fingerprint density at radius 3 is 2.50 bits per heavy atom. The fourth-order valence-electron chi connectivity index (χ4n) is 5.39. The number of halogens is 4. The number of piperazine rings is 1. The van der Waals surface area contributed by atoms with Gasteiger partial charge in [0, 0.05) is 70.5 Å². The standard InChI is InChI=1S/C28H31ClF3N5O3/c1-39-18-25(38)40-24-4-2-3-19-5-6-21(34-26(19)24)17-35-9-7-22(8-10-35)36-11-13-37(14-12-36)27-23(29)15-20(16-33-27)28(30,31)32/h2-6,15-16,22H,7-14,17-18H2,1H3. The first kappa shape index (κ1) is 28.5. The van der Waals surface area contributed by atoms with Gasteiger partial charge in [0.2, 0.25) is 0 Å². The number of carbonyl (C=O) groups excluding carboxylic acids is 1. The van der Waals surface area contributed by atoms with Gasteiger partial charge in [0.15, 0.2) is 5.75 Å². The van der Waals surface area contributed by atoms with Crippen LogP contribution in [-0.2, 0) is 22.3 Å². The largest absolute Gasteiger partial charge is 0.422 e. The van der Waals surface area contributed by atoms with E-state index in [0.29, 0.717) is 42.8 Å². The average Bonchev–Trinajstić information content (AvgIpc) is 2.93. The summed E-state index contributed by atoms with van der Waals surface area (Å²) in [6, 6.07) is 10.9. The minimum atomic E-state index is -4.46. The first-order valence-electron chi connectivity index (χ1n) is 13.2. The van der Waals surface area contributed by atoms with Crippen LogP contribution >= 0.6 is 11.6 Å². The van der Waals surface area contributed by atoms with Crippen LogP contribution in [0.25, 0.3) is 10.9 Å². The minimum absolute atomic E-state index is 0.0270. The summed E-state index contributed by atoms with van der Waals surface area (Å²) in [5.74, 6) is 0.361. The Morgan fingerprint density at radius 1 is 1.07 bits per heavy atom. The number of hydrogen-bond donors (Lipinski definition) is 0. The highest BCUT2D eigenvalue weighted by molar-refractivity contribution is 6.33. The molecular weight excluding hydrogens is 547 g/mol. The van der Waals surface area contributed by atoms with Crippen LogP contribution in [0.4, 0.5) is 19.0 Å². The number of fused-ring (bicyclic) bond motifs is 1. The molecule has 5 rings (SSSR count). The van der Waals surface area contributed by atoms with Gasteiger partial charge in [-0.15, -0.1) is 0 Å². The summed E-state index contributed by atoms with van der Waals surface area (Å²) < 4.78 is 49.1. The fourth-order valence-corrected chi connectivity index (χ4v) is 5.68. The number of piperidine rings is 1. The summed E-state index contributed by atoms with van der Waals surface area (Å²) in [7, 11) is 1.45. The van der Waals surface area contributed by atoms with E-state index in [9.17, 15) is 18.0 Å². The van der Waals surface area contributed by atoms with E-state index in [4.69, 9.17) is 26.1 Å². The number of methoxy groups -OCH3 is 1. The molecule has 214 valence electrons. The average molecular weight is 578 g/mol. The highest BCUT2D eigenvalue weighted by atomic mass is 35.5. The predicted molar refractivity (Wildman–Crippen MR) is 146 cm³/mol. The van der Waals surface area contributed by atoms with Crippen LogP contribution in [0.3, 0.4) is 0 Å². The van der Waals surface area contributed by atoms with Gasteiger partial charge in [0.05, 0.1) is 16.3 Å². The van der Waals surface area contributed by atoms with E-state index in [1.165, 1.54) is 7.11 Å². The van der Waals surface area contributed by atoms with Crippen molar-refractivity contribution in [1.29, 1.82) is 0 Å². The second-order valence-corrected chi connectivity index (χ2v) is 10.5. The Bertz CT molecular complexity index is 1340. The number of likely N-dealkylation sites (tertiary alicyclic amines) is 1. The van der Waals surface area contributed by atoms with Crippen LogP contribution in [-0.4, -0.2) is 84.8 Å². The van der Waals surface area contributed by atoms with Gasteiger partial charge in [0.25, 0.3) is 0 Å².